The predicted molar refractivity (Wildman–Crippen MR) is 138 cm³/mol. The van der Waals surface area contributed by atoms with Gasteiger partial charge in [0.1, 0.15) is 0 Å². The summed E-state index contributed by atoms with van der Waals surface area (Å²) in [5, 5.41) is 26.7. The number of aliphatic hydroxyl groups excluding tert-OH is 1. The Bertz CT molecular complexity index is 884. The molecule has 0 aromatic heterocycles. The van der Waals surface area contributed by atoms with Crippen LogP contribution in [0.15, 0.2) is 34.4 Å². The van der Waals surface area contributed by atoms with Crippen molar-refractivity contribution in [3.8, 4) is 0 Å². The lowest BCUT2D eigenvalue weighted by Crippen LogP contribution is -2.62. The van der Waals surface area contributed by atoms with Gasteiger partial charge in [-0.15, -0.1) is 0 Å². The van der Waals surface area contributed by atoms with Gasteiger partial charge in [-0.1, -0.05) is 32.1 Å². The lowest BCUT2D eigenvalue weighted by atomic mass is 9.43. The molecule has 1 heterocycles. The lowest BCUT2D eigenvalue weighted by molar-refractivity contribution is -0.207. The zero-order chi connectivity index (χ0) is 24.0. The van der Waals surface area contributed by atoms with Gasteiger partial charge in [-0.2, -0.15) is 5.10 Å². The highest BCUT2D eigenvalue weighted by Crippen LogP contribution is 2.69. The van der Waals surface area contributed by atoms with Gasteiger partial charge in [0.25, 0.3) is 0 Å². The van der Waals surface area contributed by atoms with Gasteiger partial charge in [0.15, 0.2) is 0 Å². The molecule has 0 unspecified atom stereocenters. The number of fused-ring (bicyclic) bond motifs is 5. The number of aliphatic imine (C=N–C) groups is 1. The summed E-state index contributed by atoms with van der Waals surface area (Å²) in [4.78, 5) is 6.42. The lowest BCUT2D eigenvalue weighted by Gasteiger charge is -2.63. The van der Waals surface area contributed by atoms with Crippen molar-refractivity contribution in [1.29, 1.82) is 0 Å². The van der Waals surface area contributed by atoms with Crippen LogP contribution in [-0.4, -0.2) is 59.1 Å². The number of guanidine groups is 1. The van der Waals surface area contributed by atoms with Crippen LogP contribution in [0.2, 0.25) is 0 Å². The second kappa shape index (κ2) is 9.09. The van der Waals surface area contributed by atoms with Crippen molar-refractivity contribution in [2.75, 3.05) is 20.1 Å². The first kappa shape index (κ1) is 24.1. The topological polar surface area (TPSA) is 80.5 Å². The highest BCUT2D eigenvalue weighted by Gasteiger charge is 2.66. The van der Waals surface area contributed by atoms with E-state index in [4.69, 9.17) is 0 Å². The fraction of sp³-hybridized carbons (Fsp3) is 0.786. The summed E-state index contributed by atoms with van der Waals surface area (Å²) in [6.45, 7) is 6.60. The molecule has 0 saturated heterocycles. The Morgan fingerprint density at radius 1 is 1.03 bits per heavy atom. The monoisotopic (exact) mass is 468 g/mol. The molecule has 5 aliphatic rings. The molecule has 0 radical (unpaired) electrons. The largest absolute Gasteiger partial charge is 0.393 e. The predicted octanol–water partition coefficient (Wildman–Crippen LogP) is 4.11. The number of aliphatic hydroxyl groups is 2. The summed E-state index contributed by atoms with van der Waals surface area (Å²) < 4.78 is 0. The van der Waals surface area contributed by atoms with Crippen LogP contribution in [0.25, 0.3) is 0 Å². The maximum Gasteiger partial charge on any atom is 0.214 e. The van der Waals surface area contributed by atoms with Crippen molar-refractivity contribution in [2.45, 2.75) is 83.3 Å². The van der Waals surface area contributed by atoms with E-state index < -0.39 is 5.60 Å². The van der Waals surface area contributed by atoms with Crippen LogP contribution in [0, 0.1) is 34.5 Å². The second-order valence-electron chi connectivity index (χ2n) is 12.2. The molecule has 4 saturated carbocycles. The van der Waals surface area contributed by atoms with E-state index in [0.29, 0.717) is 29.1 Å². The Hall–Kier alpha value is -1.66. The van der Waals surface area contributed by atoms with Crippen LogP contribution < -0.4 is 5.43 Å². The summed E-state index contributed by atoms with van der Waals surface area (Å²) in [5.74, 6) is 2.88. The maximum absolute atomic E-state index is 12.2. The van der Waals surface area contributed by atoms with Gasteiger partial charge in [-0.3, -0.25) is 0 Å². The van der Waals surface area contributed by atoms with Crippen molar-refractivity contribution in [3.63, 3.8) is 0 Å². The SMILES string of the molecule is CN1CCN=C1N/N=C/C=C/C=C/[C@H]1CC[C@]2(O)[C@@H]3CC[C@@H]4C[C@@H](O)CC[C@]4(C)[C@H]3CC[C@]12C. The molecule has 6 heteroatoms. The first-order valence-corrected chi connectivity index (χ1v) is 13.6. The number of hydrogen-bond donors (Lipinski definition) is 3. The van der Waals surface area contributed by atoms with Crippen molar-refractivity contribution in [3.05, 3.63) is 24.3 Å². The summed E-state index contributed by atoms with van der Waals surface area (Å²) in [7, 11) is 2.01. The van der Waals surface area contributed by atoms with Crippen molar-refractivity contribution < 1.29 is 10.2 Å². The fourth-order valence-corrected chi connectivity index (χ4v) is 8.66. The van der Waals surface area contributed by atoms with E-state index in [9.17, 15) is 10.2 Å². The van der Waals surface area contributed by atoms with Gasteiger partial charge >= 0.3 is 0 Å². The number of likely N-dealkylation sites (N-methyl/N-ethyl adjacent to an activating group) is 1. The highest BCUT2D eigenvalue weighted by atomic mass is 16.3. The van der Waals surface area contributed by atoms with Gasteiger partial charge in [0.2, 0.25) is 5.96 Å². The van der Waals surface area contributed by atoms with Crippen LogP contribution in [0.1, 0.15) is 71.6 Å². The minimum absolute atomic E-state index is 0.0449. The minimum Gasteiger partial charge on any atom is -0.393 e. The smallest absolute Gasteiger partial charge is 0.214 e. The summed E-state index contributed by atoms with van der Waals surface area (Å²) in [6.07, 6.45) is 19.8. The zero-order valence-corrected chi connectivity index (χ0v) is 21.3. The second-order valence-corrected chi connectivity index (χ2v) is 12.2. The molecule has 8 atom stereocenters. The molecule has 34 heavy (non-hydrogen) atoms. The van der Waals surface area contributed by atoms with Gasteiger partial charge < -0.3 is 15.1 Å². The summed E-state index contributed by atoms with van der Waals surface area (Å²) in [5.41, 5.74) is 2.68. The molecule has 0 bridgehead atoms. The normalized spacial score (nSPS) is 46.7. The summed E-state index contributed by atoms with van der Waals surface area (Å²) >= 11 is 0. The Morgan fingerprint density at radius 2 is 1.88 bits per heavy atom. The van der Waals surface area contributed by atoms with Gasteiger partial charge in [0, 0.05) is 25.2 Å². The molecule has 4 aliphatic carbocycles. The van der Waals surface area contributed by atoms with E-state index >= 15 is 0 Å². The van der Waals surface area contributed by atoms with Crippen LogP contribution in [0.4, 0.5) is 0 Å². The highest BCUT2D eigenvalue weighted by molar-refractivity contribution is 5.82. The van der Waals surface area contributed by atoms with E-state index in [2.05, 4.69) is 46.4 Å². The molecule has 0 aromatic rings. The molecule has 0 amide bonds. The Labute approximate surface area is 205 Å². The standard InChI is InChI=1S/C28H44N4O2/c1-26-13-11-22(33)19-21(26)8-9-24-23(26)12-14-27(2)20(10-15-28(24,27)34)7-5-4-6-16-30-31-25-29-17-18-32(25)3/h4-7,16,20-24,33-34H,8-15,17-19H2,1-3H3,(H,29,31)/b6-4+,7-5+,30-16+/t20-,21+,22-,23-,24+,26-,27+,28-/m0/s1. The number of rotatable bonds is 4. The quantitative estimate of drug-likeness (QED) is 0.330. The maximum atomic E-state index is 12.2. The molecule has 188 valence electrons. The minimum atomic E-state index is -0.557. The molecular weight excluding hydrogens is 424 g/mol. The third kappa shape index (κ3) is 3.85. The average Bonchev–Trinajstić information content (AvgIpc) is 3.34. The van der Waals surface area contributed by atoms with Crippen LogP contribution in [0.3, 0.4) is 0 Å². The fourth-order valence-electron chi connectivity index (χ4n) is 8.66. The van der Waals surface area contributed by atoms with E-state index in [-0.39, 0.29) is 11.5 Å². The zero-order valence-electron chi connectivity index (χ0n) is 21.3. The summed E-state index contributed by atoms with van der Waals surface area (Å²) in [6, 6.07) is 0. The average molecular weight is 469 g/mol. The van der Waals surface area contributed by atoms with E-state index in [1.807, 2.05) is 19.2 Å². The number of allylic oxidation sites excluding steroid dienone is 4. The first-order chi connectivity index (χ1) is 16.3. The Morgan fingerprint density at radius 3 is 2.68 bits per heavy atom. The number of hydrogen-bond acceptors (Lipinski definition) is 6. The van der Waals surface area contributed by atoms with Gasteiger partial charge in [-0.25, -0.2) is 10.4 Å². The molecule has 0 aromatic carbocycles. The third-order valence-corrected chi connectivity index (χ3v) is 10.8. The molecule has 5 rings (SSSR count). The number of nitrogens with zero attached hydrogens (tertiary/aromatic N) is 3. The number of hydrazone groups is 1. The Kier molecular flexibility index (Phi) is 6.43. The number of nitrogens with one attached hydrogen (secondary N) is 1. The van der Waals surface area contributed by atoms with Gasteiger partial charge in [0.05, 0.1) is 18.2 Å². The van der Waals surface area contributed by atoms with Crippen LogP contribution in [-0.2, 0) is 0 Å². The van der Waals surface area contributed by atoms with E-state index in [0.717, 1.165) is 64.0 Å². The van der Waals surface area contributed by atoms with E-state index in [1.165, 1.54) is 12.8 Å². The molecule has 1 aliphatic heterocycles. The third-order valence-electron chi connectivity index (χ3n) is 10.8. The molecule has 6 nitrogen and oxygen atoms in total. The van der Waals surface area contributed by atoms with Crippen LogP contribution >= 0.6 is 0 Å². The molecule has 0 spiro atoms. The van der Waals surface area contributed by atoms with E-state index in [1.54, 1.807) is 6.21 Å². The molecule has 3 N–H and O–H groups in total. The first-order valence-electron chi connectivity index (χ1n) is 13.6. The molecule has 4 fully saturated rings. The molecular formula is C28H44N4O2. The van der Waals surface area contributed by atoms with Crippen molar-refractivity contribution in [2.24, 2.45) is 44.6 Å². The van der Waals surface area contributed by atoms with Crippen LogP contribution in [0.5, 0.6) is 0 Å². The van der Waals surface area contributed by atoms with Crippen molar-refractivity contribution >= 4 is 12.2 Å². The Balaban J connectivity index is 1.23. The van der Waals surface area contributed by atoms with Crippen molar-refractivity contribution in [1.82, 2.24) is 10.3 Å². The van der Waals surface area contributed by atoms with Gasteiger partial charge in [-0.05, 0) is 93.0 Å².